The molecule has 1 aromatic carbocycles. The molecule has 1 aromatic rings. The maximum Gasteiger partial charge on any atom is 0.175 e. The van der Waals surface area contributed by atoms with E-state index >= 15 is 0 Å². The highest BCUT2D eigenvalue weighted by molar-refractivity contribution is 7.90. The molecule has 4 nitrogen and oxygen atoms in total. The molecule has 0 spiro atoms. The molecular formula is C11H16O4S. The summed E-state index contributed by atoms with van der Waals surface area (Å²) in [6, 6.07) is 6.24. The molecule has 0 saturated heterocycles. The Bertz CT molecular complexity index is 422. The molecule has 0 heterocycles. The summed E-state index contributed by atoms with van der Waals surface area (Å²) in [4.78, 5) is 0.273. The lowest BCUT2D eigenvalue weighted by atomic mass is 10.2. The highest BCUT2D eigenvalue weighted by Gasteiger charge is 2.07. The van der Waals surface area contributed by atoms with E-state index in [-0.39, 0.29) is 17.4 Å². The standard InChI is InChI=1S/C11H16O4S/c1-9(7-12)8-15-10-3-5-11(6-4-10)16(2,13)14/h3-6,9,12H,7-8H2,1-2H3. The number of benzene rings is 1. The van der Waals surface area contributed by atoms with Crippen LogP contribution >= 0.6 is 0 Å². The Morgan fingerprint density at radius 1 is 1.31 bits per heavy atom. The fraction of sp³-hybridized carbons (Fsp3) is 0.455. The second-order valence-corrected chi connectivity index (χ2v) is 5.86. The molecule has 0 saturated carbocycles. The van der Waals surface area contributed by atoms with Gasteiger partial charge in [0.15, 0.2) is 9.84 Å². The summed E-state index contributed by atoms with van der Waals surface area (Å²) in [5, 5.41) is 8.80. The van der Waals surface area contributed by atoms with Gasteiger partial charge in [0.2, 0.25) is 0 Å². The van der Waals surface area contributed by atoms with Crippen molar-refractivity contribution in [1.82, 2.24) is 0 Å². The molecule has 0 aliphatic heterocycles. The number of hydrogen-bond acceptors (Lipinski definition) is 4. The zero-order valence-electron chi connectivity index (χ0n) is 9.38. The van der Waals surface area contributed by atoms with Crippen molar-refractivity contribution in [1.29, 1.82) is 0 Å². The second kappa shape index (κ2) is 5.32. The van der Waals surface area contributed by atoms with Crippen molar-refractivity contribution in [3.63, 3.8) is 0 Å². The predicted octanol–water partition coefficient (Wildman–Crippen LogP) is 1.10. The van der Waals surface area contributed by atoms with Crippen LogP contribution in [0, 0.1) is 5.92 Å². The van der Waals surface area contributed by atoms with Crippen molar-refractivity contribution in [2.75, 3.05) is 19.5 Å². The van der Waals surface area contributed by atoms with E-state index in [1.54, 1.807) is 12.1 Å². The molecule has 1 unspecified atom stereocenters. The van der Waals surface area contributed by atoms with Crippen LogP contribution in [0.15, 0.2) is 29.2 Å². The average Bonchev–Trinajstić information content (AvgIpc) is 2.25. The van der Waals surface area contributed by atoms with E-state index in [2.05, 4.69) is 0 Å². The van der Waals surface area contributed by atoms with E-state index in [1.165, 1.54) is 12.1 Å². The van der Waals surface area contributed by atoms with Gasteiger partial charge in [-0.15, -0.1) is 0 Å². The molecule has 5 heteroatoms. The first kappa shape index (κ1) is 13.0. The number of hydrogen-bond donors (Lipinski definition) is 1. The minimum atomic E-state index is -3.15. The third-order valence-electron chi connectivity index (χ3n) is 2.10. The Kier molecular flexibility index (Phi) is 4.32. The molecule has 1 rings (SSSR count). The van der Waals surface area contributed by atoms with Crippen molar-refractivity contribution < 1.29 is 18.3 Å². The molecule has 0 aliphatic rings. The van der Waals surface area contributed by atoms with Crippen molar-refractivity contribution in [3.8, 4) is 5.75 Å². The zero-order chi connectivity index (χ0) is 12.2. The van der Waals surface area contributed by atoms with Crippen molar-refractivity contribution in [2.24, 2.45) is 5.92 Å². The lowest BCUT2D eigenvalue weighted by Gasteiger charge is -2.10. The third-order valence-corrected chi connectivity index (χ3v) is 3.23. The summed E-state index contributed by atoms with van der Waals surface area (Å²) in [6.45, 7) is 2.35. The van der Waals surface area contributed by atoms with Crippen LogP contribution in [0.1, 0.15) is 6.92 Å². The molecule has 0 aromatic heterocycles. The molecular weight excluding hydrogens is 228 g/mol. The highest BCUT2D eigenvalue weighted by atomic mass is 32.2. The van der Waals surface area contributed by atoms with E-state index in [0.29, 0.717) is 12.4 Å². The minimum absolute atomic E-state index is 0.0644. The van der Waals surface area contributed by atoms with Crippen LogP contribution in [0.3, 0.4) is 0 Å². The van der Waals surface area contributed by atoms with Crippen LogP contribution in [-0.2, 0) is 9.84 Å². The van der Waals surface area contributed by atoms with Gasteiger partial charge in [-0.1, -0.05) is 6.92 Å². The molecule has 1 atom stereocenters. The molecule has 0 bridgehead atoms. The van der Waals surface area contributed by atoms with Crippen molar-refractivity contribution >= 4 is 9.84 Å². The number of ether oxygens (including phenoxy) is 1. The van der Waals surface area contributed by atoms with Gasteiger partial charge in [0.1, 0.15) is 5.75 Å². The lowest BCUT2D eigenvalue weighted by molar-refractivity contribution is 0.174. The van der Waals surface area contributed by atoms with Crippen LogP contribution in [0.2, 0.25) is 0 Å². The molecule has 0 radical (unpaired) electrons. The van der Waals surface area contributed by atoms with Crippen LogP contribution in [0.5, 0.6) is 5.75 Å². The Morgan fingerprint density at radius 2 is 1.88 bits per heavy atom. The van der Waals surface area contributed by atoms with Crippen molar-refractivity contribution in [2.45, 2.75) is 11.8 Å². The van der Waals surface area contributed by atoms with Crippen molar-refractivity contribution in [3.05, 3.63) is 24.3 Å². The Balaban J connectivity index is 2.66. The third kappa shape index (κ3) is 3.83. The molecule has 0 fully saturated rings. The first-order valence-electron chi connectivity index (χ1n) is 4.97. The van der Waals surface area contributed by atoms with Gasteiger partial charge in [0.05, 0.1) is 11.5 Å². The van der Waals surface area contributed by atoms with Gasteiger partial charge < -0.3 is 9.84 Å². The molecule has 1 N–H and O–H groups in total. The van der Waals surface area contributed by atoms with Crippen LogP contribution in [0.4, 0.5) is 0 Å². The fourth-order valence-corrected chi connectivity index (χ4v) is 1.70. The number of aliphatic hydroxyl groups excluding tert-OH is 1. The number of sulfone groups is 1. The molecule has 90 valence electrons. The maximum atomic E-state index is 11.2. The van der Waals surface area contributed by atoms with Crippen LogP contribution in [0.25, 0.3) is 0 Å². The fourth-order valence-electron chi connectivity index (χ4n) is 1.07. The normalized spacial score (nSPS) is 13.4. The van der Waals surface area contributed by atoms with Gasteiger partial charge in [0, 0.05) is 18.8 Å². The largest absolute Gasteiger partial charge is 0.493 e. The first-order chi connectivity index (χ1) is 7.43. The van der Waals surface area contributed by atoms with E-state index in [4.69, 9.17) is 9.84 Å². The number of aliphatic hydroxyl groups is 1. The summed E-state index contributed by atoms with van der Waals surface area (Å²) in [5.41, 5.74) is 0. The monoisotopic (exact) mass is 244 g/mol. The Morgan fingerprint density at radius 3 is 2.31 bits per heavy atom. The van der Waals surface area contributed by atoms with Gasteiger partial charge in [-0.05, 0) is 24.3 Å². The summed E-state index contributed by atoms with van der Waals surface area (Å²) in [7, 11) is -3.15. The summed E-state index contributed by atoms with van der Waals surface area (Å²) < 4.78 is 27.7. The van der Waals surface area contributed by atoms with E-state index < -0.39 is 9.84 Å². The van der Waals surface area contributed by atoms with Crippen LogP contribution in [-0.4, -0.2) is 33.0 Å². The van der Waals surface area contributed by atoms with E-state index in [9.17, 15) is 8.42 Å². The molecule has 0 amide bonds. The van der Waals surface area contributed by atoms with Gasteiger partial charge in [-0.25, -0.2) is 8.42 Å². The summed E-state index contributed by atoms with van der Waals surface area (Å²) in [5.74, 6) is 0.669. The minimum Gasteiger partial charge on any atom is -0.493 e. The second-order valence-electron chi connectivity index (χ2n) is 3.84. The SMILES string of the molecule is CC(CO)COc1ccc(S(C)(=O)=O)cc1. The zero-order valence-corrected chi connectivity index (χ0v) is 10.2. The molecule has 0 aliphatic carbocycles. The van der Waals surface area contributed by atoms with Gasteiger partial charge >= 0.3 is 0 Å². The van der Waals surface area contributed by atoms with E-state index in [0.717, 1.165) is 6.26 Å². The lowest BCUT2D eigenvalue weighted by Crippen LogP contribution is -2.12. The van der Waals surface area contributed by atoms with Gasteiger partial charge in [0.25, 0.3) is 0 Å². The van der Waals surface area contributed by atoms with Gasteiger partial charge in [-0.3, -0.25) is 0 Å². The summed E-state index contributed by atoms with van der Waals surface area (Å²) >= 11 is 0. The molecule has 16 heavy (non-hydrogen) atoms. The first-order valence-corrected chi connectivity index (χ1v) is 6.86. The summed E-state index contributed by atoms with van der Waals surface area (Å²) in [6.07, 6.45) is 1.16. The quantitative estimate of drug-likeness (QED) is 0.842. The topological polar surface area (TPSA) is 63.6 Å². The van der Waals surface area contributed by atoms with Crippen LogP contribution < -0.4 is 4.74 Å². The Labute approximate surface area is 95.8 Å². The average molecular weight is 244 g/mol. The van der Waals surface area contributed by atoms with Gasteiger partial charge in [-0.2, -0.15) is 0 Å². The smallest absolute Gasteiger partial charge is 0.175 e. The van der Waals surface area contributed by atoms with E-state index in [1.807, 2.05) is 6.92 Å². The highest BCUT2D eigenvalue weighted by Crippen LogP contribution is 2.16. The maximum absolute atomic E-state index is 11.2. The predicted molar refractivity (Wildman–Crippen MR) is 61.3 cm³/mol. The Hall–Kier alpha value is -1.07. The number of rotatable bonds is 5.